The minimum atomic E-state index is -0.877. The average Bonchev–Trinajstić information content (AvgIpc) is 2.72. The molecule has 0 fully saturated rings. The maximum absolute atomic E-state index is 10.8. The summed E-state index contributed by atoms with van der Waals surface area (Å²) in [7, 11) is 1.74. The molecule has 0 spiro atoms. The SMILES string of the molecule is Cc1ccc(-c2c(C)nn(C)c2CC(=O)O)o1. The molecule has 0 aliphatic rings. The van der Waals surface area contributed by atoms with Crippen molar-refractivity contribution in [2.75, 3.05) is 0 Å². The van der Waals surface area contributed by atoms with Crippen LogP contribution in [0.3, 0.4) is 0 Å². The molecule has 0 radical (unpaired) electrons. The molecule has 2 aromatic rings. The van der Waals surface area contributed by atoms with Gasteiger partial charge in [-0.05, 0) is 26.0 Å². The van der Waals surface area contributed by atoms with Gasteiger partial charge < -0.3 is 9.52 Å². The first-order valence-corrected chi connectivity index (χ1v) is 5.30. The number of rotatable bonds is 3. The van der Waals surface area contributed by atoms with E-state index in [1.807, 2.05) is 26.0 Å². The van der Waals surface area contributed by atoms with Crippen LogP contribution in [0.15, 0.2) is 16.5 Å². The normalized spacial score (nSPS) is 10.8. The molecule has 0 amide bonds. The summed E-state index contributed by atoms with van der Waals surface area (Å²) in [6.07, 6.45) is -0.0631. The van der Waals surface area contributed by atoms with Gasteiger partial charge in [0, 0.05) is 7.05 Å². The van der Waals surface area contributed by atoms with Crippen molar-refractivity contribution in [2.45, 2.75) is 20.3 Å². The van der Waals surface area contributed by atoms with Gasteiger partial charge in [-0.1, -0.05) is 0 Å². The van der Waals surface area contributed by atoms with Crippen LogP contribution < -0.4 is 0 Å². The molecule has 2 heterocycles. The summed E-state index contributed by atoms with van der Waals surface area (Å²) >= 11 is 0. The molecule has 2 rings (SSSR count). The molecule has 0 aliphatic heterocycles. The van der Waals surface area contributed by atoms with Gasteiger partial charge in [-0.3, -0.25) is 9.48 Å². The van der Waals surface area contributed by atoms with Gasteiger partial charge in [0.15, 0.2) is 0 Å². The molecule has 5 nitrogen and oxygen atoms in total. The molecular formula is C12H14N2O3. The minimum Gasteiger partial charge on any atom is -0.481 e. The van der Waals surface area contributed by atoms with Crippen molar-refractivity contribution in [1.82, 2.24) is 9.78 Å². The molecule has 0 saturated heterocycles. The highest BCUT2D eigenvalue weighted by atomic mass is 16.4. The Morgan fingerprint density at radius 1 is 1.47 bits per heavy atom. The van der Waals surface area contributed by atoms with Crippen molar-refractivity contribution < 1.29 is 14.3 Å². The van der Waals surface area contributed by atoms with E-state index < -0.39 is 5.97 Å². The highest BCUT2D eigenvalue weighted by molar-refractivity contribution is 5.75. The summed E-state index contributed by atoms with van der Waals surface area (Å²) in [4.78, 5) is 10.8. The second kappa shape index (κ2) is 4.08. The van der Waals surface area contributed by atoms with E-state index in [0.29, 0.717) is 11.5 Å². The van der Waals surface area contributed by atoms with Crippen LogP contribution in [0.1, 0.15) is 17.1 Å². The summed E-state index contributed by atoms with van der Waals surface area (Å²) in [5.41, 5.74) is 2.21. The number of furan rings is 1. The standard InChI is InChI=1S/C12H14N2O3/c1-7-4-5-10(17-7)12-8(2)13-14(3)9(12)6-11(15)16/h4-5H,6H2,1-3H3,(H,15,16). The van der Waals surface area contributed by atoms with Crippen LogP contribution in [0.5, 0.6) is 0 Å². The third kappa shape index (κ3) is 2.08. The topological polar surface area (TPSA) is 68.3 Å². The largest absolute Gasteiger partial charge is 0.481 e. The second-order valence-corrected chi connectivity index (χ2v) is 4.01. The second-order valence-electron chi connectivity index (χ2n) is 4.01. The minimum absolute atomic E-state index is 0.0631. The Kier molecular flexibility index (Phi) is 2.75. The molecule has 0 atom stereocenters. The first-order chi connectivity index (χ1) is 7.99. The molecule has 0 bridgehead atoms. The van der Waals surface area contributed by atoms with Gasteiger partial charge in [-0.15, -0.1) is 0 Å². The first-order valence-electron chi connectivity index (χ1n) is 5.30. The molecule has 0 saturated carbocycles. The molecule has 2 aromatic heterocycles. The molecule has 90 valence electrons. The Morgan fingerprint density at radius 3 is 2.71 bits per heavy atom. The number of carboxylic acid groups (broad SMARTS) is 1. The molecular weight excluding hydrogens is 220 g/mol. The molecule has 0 aromatic carbocycles. The molecule has 1 N–H and O–H groups in total. The van der Waals surface area contributed by atoms with Crippen molar-refractivity contribution in [3.05, 3.63) is 29.3 Å². The fourth-order valence-electron chi connectivity index (χ4n) is 1.94. The quantitative estimate of drug-likeness (QED) is 0.881. The Morgan fingerprint density at radius 2 is 2.18 bits per heavy atom. The van der Waals surface area contributed by atoms with Crippen molar-refractivity contribution in [3.63, 3.8) is 0 Å². The van der Waals surface area contributed by atoms with E-state index in [1.54, 1.807) is 11.7 Å². The van der Waals surface area contributed by atoms with Gasteiger partial charge in [0.05, 0.1) is 23.4 Å². The molecule has 5 heteroatoms. The van der Waals surface area contributed by atoms with E-state index in [-0.39, 0.29) is 6.42 Å². The summed E-state index contributed by atoms with van der Waals surface area (Å²) in [6, 6.07) is 3.69. The van der Waals surface area contributed by atoms with Gasteiger partial charge in [-0.2, -0.15) is 5.10 Å². The van der Waals surface area contributed by atoms with E-state index in [4.69, 9.17) is 9.52 Å². The third-order valence-electron chi connectivity index (χ3n) is 2.65. The Hall–Kier alpha value is -2.04. The lowest BCUT2D eigenvalue weighted by atomic mass is 10.1. The average molecular weight is 234 g/mol. The summed E-state index contributed by atoms with van der Waals surface area (Å²) in [5, 5.41) is 13.1. The molecule has 0 aliphatic carbocycles. The van der Waals surface area contributed by atoms with Crippen LogP contribution in [0.25, 0.3) is 11.3 Å². The summed E-state index contributed by atoms with van der Waals surface area (Å²) in [5.74, 6) is 0.589. The van der Waals surface area contributed by atoms with E-state index >= 15 is 0 Å². The Bertz CT molecular complexity index is 566. The molecule has 0 unspecified atom stereocenters. The lowest BCUT2D eigenvalue weighted by molar-refractivity contribution is -0.136. The number of carboxylic acids is 1. The maximum atomic E-state index is 10.8. The molecule has 17 heavy (non-hydrogen) atoms. The van der Waals surface area contributed by atoms with Crippen molar-refractivity contribution >= 4 is 5.97 Å². The zero-order valence-electron chi connectivity index (χ0n) is 10.0. The monoisotopic (exact) mass is 234 g/mol. The third-order valence-corrected chi connectivity index (χ3v) is 2.65. The van der Waals surface area contributed by atoms with E-state index in [9.17, 15) is 4.79 Å². The Balaban J connectivity index is 2.55. The number of aromatic nitrogens is 2. The lowest BCUT2D eigenvalue weighted by Gasteiger charge is -2.01. The number of carbonyl (C=O) groups is 1. The fraction of sp³-hybridized carbons (Fsp3) is 0.333. The van der Waals surface area contributed by atoms with Crippen molar-refractivity contribution in [3.8, 4) is 11.3 Å². The fourth-order valence-corrected chi connectivity index (χ4v) is 1.94. The number of aryl methyl sites for hydroxylation is 3. The first kappa shape index (κ1) is 11.4. The Labute approximate surface area is 98.7 Å². The van der Waals surface area contributed by atoms with Crippen LogP contribution in [0, 0.1) is 13.8 Å². The summed E-state index contributed by atoms with van der Waals surface area (Å²) in [6.45, 7) is 3.70. The predicted octanol–water partition coefficient (Wildman–Crippen LogP) is 1.92. The van der Waals surface area contributed by atoms with Gasteiger partial charge in [0.2, 0.25) is 0 Å². The van der Waals surface area contributed by atoms with Crippen LogP contribution in [-0.4, -0.2) is 20.9 Å². The maximum Gasteiger partial charge on any atom is 0.309 e. The highest BCUT2D eigenvalue weighted by Crippen LogP contribution is 2.28. The highest BCUT2D eigenvalue weighted by Gasteiger charge is 2.19. The van der Waals surface area contributed by atoms with Gasteiger partial charge in [0.1, 0.15) is 11.5 Å². The number of aliphatic carboxylic acids is 1. The smallest absolute Gasteiger partial charge is 0.309 e. The van der Waals surface area contributed by atoms with E-state index in [1.165, 1.54) is 0 Å². The number of nitrogens with zero attached hydrogens (tertiary/aromatic N) is 2. The van der Waals surface area contributed by atoms with Crippen molar-refractivity contribution in [1.29, 1.82) is 0 Å². The zero-order chi connectivity index (χ0) is 12.6. The van der Waals surface area contributed by atoms with E-state index in [0.717, 1.165) is 17.0 Å². The van der Waals surface area contributed by atoms with Crippen LogP contribution in [0.2, 0.25) is 0 Å². The van der Waals surface area contributed by atoms with Gasteiger partial charge >= 0.3 is 5.97 Å². The lowest BCUT2D eigenvalue weighted by Crippen LogP contribution is -2.06. The van der Waals surface area contributed by atoms with Gasteiger partial charge in [-0.25, -0.2) is 0 Å². The zero-order valence-corrected chi connectivity index (χ0v) is 10.0. The number of hydrogen-bond acceptors (Lipinski definition) is 3. The van der Waals surface area contributed by atoms with Gasteiger partial charge in [0.25, 0.3) is 0 Å². The van der Waals surface area contributed by atoms with Crippen molar-refractivity contribution in [2.24, 2.45) is 7.05 Å². The number of hydrogen-bond donors (Lipinski definition) is 1. The van der Waals surface area contributed by atoms with Crippen LogP contribution in [0.4, 0.5) is 0 Å². The van der Waals surface area contributed by atoms with E-state index in [2.05, 4.69) is 5.10 Å². The van der Waals surface area contributed by atoms with Crippen LogP contribution >= 0.6 is 0 Å². The summed E-state index contributed by atoms with van der Waals surface area (Å²) < 4.78 is 7.13. The van der Waals surface area contributed by atoms with Crippen LogP contribution in [-0.2, 0) is 18.3 Å². The predicted molar refractivity (Wildman–Crippen MR) is 61.7 cm³/mol.